The first kappa shape index (κ1) is 14.6. The van der Waals surface area contributed by atoms with Gasteiger partial charge in [0.15, 0.2) is 0 Å². The van der Waals surface area contributed by atoms with Crippen LogP contribution in [0.3, 0.4) is 0 Å². The Morgan fingerprint density at radius 2 is 1.82 bits per heavy atom. The van der Waals surface area contributed by atoms with Gasteiger partial charge in [0.2, 0.25) is 0 Å². The molecule has 0 aliphatic rings. The normalized spacial score (nSPS) is 12.3. The van der Waals surface area contributed by atoms with Gasteiger partial charge in [0.1, 0.15) is 0 Å². The van der Waals surface area contributed by atoms with Crippen LogP contribution in [0.25, 0.3) is 0 Å². The fourth-order valence-corrected chi connectivity index (χ4v) is 1.33. The van der Waals surface area contributed by atoms with Crippen LogP contribution in [0.4, 0.5) is 0 Å². The standard InChI is InChI=1S/C10H21.Y/c1-4-7-9-10(6-3)8-5-2;/h10H,2,4-9H2,1,3H3;/q-1;. The van der Waals surface area contributed by atoms with Crippen molar-refractivity contribution in [1.29, 1.82) is 0 Å². The van der Waals surface area contributed by atoms with E-state index >= 15 is 0 Å². The predicted octanol–water partition coefficient (Wildman–Crippen LogP) is 3.81. The van der Waals surface area contributed by atoms with Crippen molar-refractivity contribution < 1.29 is 32.7 Å². The first-order chi connectivity index (χ1) is 4.85. The molecule has 0 N–H and O–H groups in total. The zero-order valence-electron chi connectivity index (χ0n) is 8.10. The van der Waals surface area contributed by atoms with Gasteiger partial charge in [0.05, 0.1) is 0 Å². The molecule has 1 radical (unpaired) electrons. The third-order valence-corrected chi connectivity index (χ3v) is 2.16. The van der Waals surface area contributed by atoms with E-state index < -0.39 is 0 Å². The molecule has 1 atom stereocenters. The molecule has 0 aromatic heterocycles. The molecule has 11 heavy (non-hydrogen) atoms. The minimum atomic E-state index is 0. The van der Waals surface area contributed by atoms with Gasteiger partial charge in [-0.3, -0.25) is 0 Å². The second-order valence-corrected chi connectivity index (χ2v) is 3.06. The molecule has 0 aliphatic carbocycles. The Balaban J connectivity index is 0. The van der Waals surface area contributed by atoms with E-state index in [-0.39, 0.29) is 32.7 Å². The molecule has 0 nitrogen and oxygen atoms in total. The van der Waals surface area contributed by atoms with Crippen LogP contribution in [-0.2, 0) is 32.7 Å². The smallest absolute Gasteiger partial charge is 0 e. The Hall–Kier alpha value is 1.10. The summed E-state index contributed by atoms with van der Waals surface area (Å²) in [6.07, 6.45) is 7.95. The zero-order chi connectivity index (χ0) is 7.82. The summed E-state index contributed by atoms with van der Waals surface area (Å²) in [4.78, 5) is 0. The minimum absolute atomic E-state index is 0. The van der Waals surface area contributed by atoms with Crippen LogP contribution in [0.15, 0.2) is 0 Å². The summed E-state index contributed by atoms with van der Waals surface area (Å²) in [6.45, 7) is 8.43. The summed E-state index contributed by atoms with van der Waals surface area (Å²) in [5.74, 6) is 0.956. The second kappa shape index (κ2) is 11.1. The maximum absolute atomic E-state index is 3.88. The first-order valence-electron chi connectivity index (χ1n) is 4.64. The van der Waals surface area contributed by atoms with Gasteiger partial charge in [-0.2, -0.15) is 6.42 Å². The molecule has 0 spiro atoms. The maximum Gasteiger partial charge on any atom is 0 e. The van der Waals surface area contributed by atoms with E-state index in [9.17, 15) is 0 Å². The van der Waals surface area contributed by atoms with Crippen molar-refractivity contribution in [3.63, 3.8) is 0 Å². The van der Waals surface area contributed by atoms with Crippen LogP contribution in [-0.4, -0.2) is 0 Å². The minimum Gasteiger partial charge on any atom is -0.343 e. The first-order valence-corrected chi connectivity index (χ1v) is 4.64. The topological polar surface area (TPSA) is 0 Å². The van der Waals surface area contributed by atoms with Crippen molar-refractivity contribution in [2.24, 2.45) is 5.92 Å². The number of hydrogen-bond donors (Lipinski definition) is 0. The molecule has 0 aromatic carbocycles. The van der Waals surface area contributed by atoms with Gasteiger partial charge in [-0.1, -0.05) is 46.0 Å². The Bertz CT molecular complexity index is 61.9. The molecule has 1 unspecified atom stereocenters. The Morgan fingerprint density at radius 1 is 1.18 bits per heavy atom. The zero-order valence-corrected chi connectivity index (χ0v) is 10.9. The van der Waals surface area contributed by atoms with Crippen molar-refractivity contribution in [1.82, 2.24) is 0 Å². The van der Waals surface area contributed by atoms with Gasteiger partial charge in [-0.05, 0) is 5.92 Å². The summed E-state index contributed by atoms with van der Waals surface area (Å²) < 4.78 is 0. The number of rotatable bonds is 6. The monoisotopic (exact) mass is 230 g/mol. The molecule has 0 fully saturated rings. The van der Waals surface area contributed by atoms with Gasteiger partial charge < -0.3 is 6.92 Å². The quantitative estimate of drug-likeness (QED) is 0.608. The molecule has 65 valence electrons. The molecule has 0 bridgehead atoms. The second-order valence-electron chi connectivity index (χ2n) is 3.06. The van der Waals surface area contributed by atoms with Crippen LogP contribution in [0.2, 0.25) is 0 Å². The van der Waals surface area contributed by atoms with Crippen molar-refractivity contribution >= 4 is 0 Å². The van der Waals surface area contributed by atoms with Crippen LogP contribution in [0.5, 0.6) is 0 Å². The van der Waals surface area contributed by atoms with Gasteiger partial charge in [0.25, 0.3) is 0 Å². The van der Waals surface area contributed by atoms with E-state index in [0.29, 0.717) is 0 Å². The third kappa shape index (κ3) is 9.01. The molecule has 0 aromatic rings. The number of hydrogen-bond acceptors (Lipinski definition) is 0. The Morgan fingerprint density at radius 3 is 2.18 bits per heavy atom. The summed E-state index contributed by atoms with van der Waals surface area (Å²) in [5.41, 5.74) is 0. The summed E-state index contributed by atoms with van der Waals surface area (Å²) in [5, 5.41) is 0. The summed E-state index contributed by atoms with van der Waals surface area (Å²) >= 11 is 0. The molecule has 0 heterocycles. The third-order valence-electron chi connectivity index (χ3n) is 2.16. The fraction of sp³-hybridized carbons (Fsp3) is 0.900. The van der Waals surface area contributed by atoms with E-state index in [4.69, 9.17) is 0 Å². The molecule has 0 aliphatic heterocycles. The van der Waals surface area contributed by atoms with E-state index in [2.05, 4.69) is 20.8 Å². The summed E-state index contributed by atoms with van der Waals surface area (Å²) in [7, 11) is 0. The van der Waals surface area contributed by atoms with Crippen molar-refractivity contribution in [2.75, 3.05) is 0 Å². The molecule has 0 rings (SSSR count). The molecular formula is C10H21Y-. The summed E-state index contributed by atoms with van der Waals surface area (Å²) in [6, 6.07) is 0. The van der Waals surface area contributed by atoms with Gasteiger partial charge in [0, 0.05) is 32.7 Å². The predicted molar refractivity (Wildman–Crippen MR) is 47.9 cm³/mol. The van der Waals surface area contributed by atoms with Crippen LogP contribution in [0.1, 0.15) is 52.4 Å². The SMILES string of the molecule is [CH2-]CCC(CC)CCCC.[Y]. The van der Waals surface area contributed by atoms with E-state index in [1.165, 1.54) is 32.1 Å². The molecular weight excluding hydrogens is 209 g/mol. The maximum atomic E-state index is 3.88. The van der Waals surface area contributed by atoms with Crippen molar-refractivity contribution in [3.05, 3.63) is 6.92 Å². The number of unbranched alkanes of at least 4 members (excludes halogenated alkanes) is 1. The molecule has 1 heteroatoms. The van der Waals surface area contributed by atoms with E-state index in [1.807, 2.05) is 0 Å². The van der Waals surface area contributed by atoms with Gasteiger partial charge in [-0.15, -0.1) is 0 Å². The molecule has 0 saturated carbocycles. The van der Waals surface area contributed by atoms with Gasteiger partial charge >= 0.3 is 0 Å². The van der Waals surface area contributed by atoms with Gasteiger partial charge in [-0.25, -0.2) is 0 Å². The Kier molecular flexibility index (Phi) is 14.8. The van der Waals surface area contributed by atoms with Crippen molar-refractivity contribution in [2.45, 2.75) is 52.4 Å². The van der Waals surface area contributed by atoms with E-state index in [0.717, 1.165) is 12.3 Å². The average Bonchev–Trinajstić information content (AvgIpc) is 1.98. The van der Waals surface area contributed by atoms with E-state index in [1.54, 1.807) is 0 Å². The fourth-order valence-electron chi connectivity index (χ4n) is 1.33. The Labute approximate surface area is 97.4 Å². The molecule has 0 amide bonds. The largest absolute Gasteiger partial charge is 0.343 e. The van der Waals surface area contributed by atoms with Crippen LogP contribution >= 0.6 is 0 Å². The average molecular weight is 230 g/mol. The van der Waals surface area contributed by atoms with Crippen molar-refractivity contribution in [3.8, 4) is 0 Å². The molecule has 0 saturated heterocycles. The van der Waals surface area contributed by atoms with Crippen LogP contribution < -0.4 is 0 Å². The van der Waals surface area contributed by atoms with Crippen LogP contribution in [0, 0.1) is 12.8 Å².